The summed E-state index contributed by atoms with van der Waals surface area (Å²) >= 11 is 0. The van der Waals surface area contributed by atoms with E-state index in [0.29, 0.717) is 43.2 Å². The van der Waals surface area contributed by atoms with E-state index in [1.165, 1.54) is 23.4 Å². The van der Waals surface area contributed by atoms with Gasteiger partial charge in [0.1, 0.15) is 11.6 Å². The van der Waals surface area contributed by atoms with E-state index in [0.717, 1.165) is 25.1 Å². The number of carbonyl (C=O) groups excluding carboxylic acids is 1. The van der Waals surface area contributed by atoms with Crippen molar-refractivity contribution < 1.29 is 13.2 Å². The van der Waals surface area contributed by atoms with E-state index in [4.69, 9.17) is 10.7 Å². The van der Waals surface area contributed by atoms with Crippen LogP contribution >= 0.6 is 0 Å². The molecule has 1 aromatic heterocycles. The van der Waals surface area contributed by atoms with Crippen LogP contribution in [0.25, 0.3) is 0 Å². The van der Waals surface area contributed by atoms with Crippen molar-refractivity contribution in [2.45, 2.75) is 52.0 Å². The highest BCUT2D eigenvalue weighted by molar-refractivity contribution is 7.92. The first-order valence-corrected chi connectivity index (χ1v) is 14.4. The molecule has 192 valence electrons. The predicted molar refractivity (Wildman–Crippen MR) is 142 cm³/mol. The number of carbonyl (C=O) groups is 1. The standard InChI is InChI=1S/C26H39N5O3S/c1-4-13-30(19-21-11-12-21)24-16-22(17-25(29-24)31(14-5-2)35(3,33)34)26(32)28-23(18-27)15-20-9-7-6-8-10-20/h6-10,16-17,21,23H,4-5,11-15,18-19,27H2,1-3H3,(H,28,32). The highest BCUT2D eigenvalue weighted by Gasteiger charge is 2.27. The molecule has 1 amide bonds. The first-order chi connectivity index (χ1) is 16.7. The molecule has 2 aromatic rings. The zero-order valence-corrected chi connectivity index (χ0v) is 21.9. The molecular weight excluding hydrogens is 462 g/mol. The lowest BCUT2D eigenvalue weighted by atomic mass is 10.1. The smallest absolute Gasteiger partial charge is 0.251 e. The zero-order chi connectivity index (χ0) is 25.4. The summed E-state index contributed by atoms with van der Waals surface area (Å²) in [4.78, 5) is 20.3. The molecule has 1 aliphatic rings. The number of amides is 1. The number of nitrogens with one attached hydrogen (secondary N) is 1. The van der Waals surface area contributed by atoms with Crippen LogP contribution in [0.3, 0.4) is 0 Å². The third-order valence-electron chi connectivity index (χ3n) is 6.08. The van der Waals surface area contributed by atoms with Crippen LogP contribution in [0.2, 0.25) is 0 Å². The number of nitrogens with two attached hydrogens (primary N) is 1. The fraction of sp³-hybridized carbons (Fsp3) is 0.538. The lowest BCUT2D eigenvalue weighted by molar-refractivity contribution is 0.0938. The molecule has 9 heteroatoms. The van der Waals surface area contributed by atoms with Gasteiger partial charge < -0.3 is 16.0 Å². The fourth-order valence-electron chi connectivity index (χ4n) is 4.12. The molecule has 1 saturated carbocycles. The van der Waals surface area contributed by atoms with Gasteiger partial charge in [-0.25, -0.2) is 13.4 Å². The van der Waals surface area contributed by atoms with Crippen molar-refractivity contribution in [2.75, 3.05) is 41.6 Å². The molecule has 0 spiro atoms. The maximum Gasteiger partial charge on any atom is 0.251 e. The Morgan fingerprint density at radius 3 is 2.34 bits per heavy atom. The minimum absolute atomic E-state index is 0.246. The number of aromatic nitrogens is 1. The van der Waals surface area contributed by atoms with Gasteiger partial charge >= 0.3 is 0 Å². The third-order valence-corrected chi connectivity index (χ3v) is 7.25. The number of benzene rings is 1. The van der Waals surface area contributed by atoms with E-state index in [1.807, 2.05) is 37.3 Å². The molecule has 0 bridgehead atoms. The molecule has 3 N–H and O–H groups in total. The fourth-order valence-corrected chi connectivity index (χ4v) is 5.07. The molecule has 1 unspecified atom stereocenters. The van der Waals surface area contributed by atoms with E-state index in [9.17, 15) is 13.2 Å². The van der Waals surface area contributed by atoms with Crippen molar-refractivity contribution in [2.24, 2.45) is 11.7 Å². The molecule has 0 aliphatic heterocycles. The molecule has 3 rings (SSSR count). The summed E-state index contributed by atoms with van der Waals surface area (Å²) in [5.74, 6) is 1.26. The summed E-state index contributed by atoms with van der Waals surface area (Å²) in [6.45, 7) is 6.26. The average Bonchev–Trinajstić information content (AvgIpc) is 3.65. The molecule has 1 atom stereocenters. The Morgan fingerprint density at radius 2 is 1.77 bits per heavy atom. The van der Waals surface area contributed by atoms with Gasteiger partial charge in [0, 0.05) is 37.8 Å². The Bertz CT molecular complexity index is 1070. The lowest BCUT2D eigenvalue weighted by Gasteiger charge is -2.27. The minimum atomic E-state index is -3.56. The number of pyridine rings is 1. The van der Waals surface area contributed by atoms with Gasteiger partial charge in [-0.1, -0.05) is 44.2 Å². The second kappa shape index (κ2) is 12.4. The lowest BCUT2D eigenvalue weighted by Crippen LogP contribution is -2.42. The summed E-state index contributed by atoms with van der Waals surface area (Å²) < 4.78 is 26.5. The Hall–Kier alpha value is -2.65. The predicted octanol–water partition coefficient (Wildman–Crippen LogP) is 3.18. The third kappa shape index (κ3) is 7.93. The van der Waals surface area contributed by atoms with Gasteiger partial charge in [0.05, 0.1) is 6.26 Å². The van der Waals surface area contributed by atoms with Crippen molar-refractivity contribution in [3.05, 3.63) is 53.6 Å². The van der Waals surface area contributed by atoms with Crippen LogP contribution in [0.4, 0.5) is 11.6 Å². The van der Waals surface area contributed by atoms with Crippen molar-refractivity contribution in [3.63, 3.8) is 0 Å². The van der Waals surface area contributed by atoms with Crippen LogP contribution in [-0.4, -0.2) is 57.8 Å². The van der Waals surface area contributed by atoms with Gasteiger partial charge in [-0.05, 0) is 55.7 Å². The normalized spacial score (nSPS) is 14.4. The monoisotopic (exact) mass is 501 g/mol. The number of rotatable bonds is 14. The van der Waals surface area contributed by atoms with Crippen molar-refractivity contribution in [3.8, 4) is 0 Å². The highest BCUT2D eigenvalue weighted by atomic mass is 32.2. The van der Waals surface area contributed by atoms with Crippen LogP contribution in [-0.2, 0) is 16.4 Å². The average molecular weight is 502 g/mol. The van der Waals surface area contributed by atoms with Gasteiger partial charge in [-0.15, -0.1) is 0 Å². The van der Waals surface area contributed by atoms with Crippen molar-refractivity contribution >= 4 is 27.6 Å². The number of anilines is 2. The van der Waals surface area contributed by atoms with Gasteiger partial charge in [-0.3, -0.25) is 9.10 Å². The quantitative estimate of drug-likeness (QED) is 0.412. The van der Waals surface area contributed by atoms with Gasteiger partial charge in [0.15, 0.2) is 0 Å². The van der Waals surface area contributed by atoms with Crippen molar-refractivity contribution in [1.82, 2.24) is 10.3 Å². The molecule has 35 heavy (non-hydrogen) atoms. The van der Waals surface area contributed by atoms with Crippen LogP contribution in [0, 0.1) is 5.92 Å². The van der Waals surface area contributed by atoms with Crippen LogP contribution in [0.5, 0.6) is 0 Å². The molecule has 1 aromatic carbocycles. The summed E-state index contributed by atoms with van der Waals surface area (Å²) in [6.07, 6.45) is 5.73. The van der Waals surface area contributed by atoms with Gasteiger partial charge in [0.25, 0.3) is 5.91 Å². The largest absolute Gasteiger partial charge is 0.356 e. The second-order valence-corrected chi connectivity index (χ2v) is 11.3. The van der Waals surface area contributed by atoms with Gasteiger partial charge in [-0.2, -0.15) is 0 Å². The number of nitrogens with zero attached hydrogens (tertiary/aromatic N) is 3. The molecule has 1 fully saturated rings. The topological polar surface area (TPSA) is 109 Å². The molecule has 0 saturated heterocycles. The molecule has 1 aliphatic carbocycles. The van der Waals surface area contributed by atoms with E-state index in [2.05, 4.69) is 17.1 Å². The van der Waals surface area contributed by atoms with Crippen LogP contribution in [0.1, 0.15) is 55.5 Å². The molecule has 8 nitrogen and oxygen atoms in total. The molecule has 0 radical (unpaired) electrons. The number of sulfonamides is 1. The van der Waals surface area contributed by atoms with E-state index >= 15 is 0 Å². The SMILES string of the molecule is CCCN(CC1CC1)c1cc(C(=O)NC(CN)Cc2ccccc2)cc(N(CCC)S(C)(=O)=O)n1. The van der Waals surface area contributed by atoms with E-state index in [-0.39, 0.29) is 17.8 Å². The Labute approximate surface area is 210 Å². The van der Waals surface area contributed by atoms with Gasteiger partial charge in [0.2, 0.25) is 10.0 Å². The van der Waals surface area contributed by atoms with Crippen molar-refractivity contribution in [1.29, 1.82) is 0 Å². The summed E-state index contributed by atoms with van der Waals surface area (Å²) in [6, 6.07) is 13.0. The maximum atomic E-state index is 13.4. The highest BCUT2D eigenvalue weighted by Crippen LogP contribution is 2.32. The summed E-state index contributed by atoms with van der Waals surface area (Å²) in [5, 5.41) is 3.04. The minimum Gasteiger partial charge on any atom is -0.356 e. The first-order valence-electron chi connectivity index (χ1n) is 12.5. The maximum absolute atomic E-state index is 13.4. The molecular formula is C26H39N5O3S. The first kappa shape index (κ1) is 26.9. The summed E-state index contributed by atoms with van der Waals surface area (Å²) in [5.41, 5.74) is 7.45. The van der Waals surface area contributed by atoms with E-state index in [1.54, 1.807) is 12.1 Å². The van der Waals surface area contributed by atoms with Crippen LogP contribution in [0.15, 0.2) is 42.5 Å². The van der Waals surface area contributed by atoms with Crippen LogP contribution < -0.4 is 20.3 Å². The number of hydrogen-bond acceptors (Lipinski definition) is 6. The molecule has 1 heterocycles. The zero-order valence-electron chi connectivity index (χ0n) is 21.1. The van der Waals surface area contributed by atoms with E-state index < -0.39 is 10.0 Å². The summed E-state index contributed by atoms with van der Waals surface area (Å²) in [7, 11) is -3.56. The number of hydrogen-bond donors (Lipinski definition) is 2. The Morgan fingerprint density at radius 1 is 1.11 bits per heavy atom. The second-order valence-electron chi connectivity index (χ2n) is 9.39. The Kier molecular flexibility index (Phi) is 9.51. The Balaban J connectivity index is 1.95.